The first-order chi connectivity index (χ1) is 19.8. The predicted octanol–water partition coefficient (Wildman–Crippen LogP) is 5.69. The van der Waals surface area contributed by atoms with Gasteiger partial charge in [0.15, 0.2) is 16.3 Å². The lowest BCUT2D eigenvalue weighted by Gasteiger charge is -2.24. The number of methoxy groups -OCH3 is 1. The zero-order chi connectivity index (χ0) is 29.1. The smallest absolute Gasteiger partial charge is 0.338 e. The van der Waals surface area contributed by atoms with E-state index >= 15 is 0 Å². The third-order valence-electron chi connectivity index (χ3n) is 6.52. The molecule has 0 radical (unpaired) electrons. The number of thiazole rings is 1. The van der Waals surface area contributed by atoms with E-state index in [9.17, 15) is 9.59 Å². The van der Waals surface area contributed by atoms with E-state index in [1.165, 1.54) is 11.3 Å². The van der Waals surface area contributed by atoms with Crippen LogP contribution >= 0.6 is 34.5 Å². The average molecular weight is 610 g/mol. The van der Waals surface area contributed by atoms with E-state index in [1.807, 2.05) is 42.5 Å². The first-order valence-corrected chi connectivity index (χ1v) is 14.4. The fraction of sp³-hybridized carbons (Fsp3) is 0.194. The van der Waals surface area contributed by atoms with Crippen LogP contribution in [0.15, 0.2) is 87.8 Å². The molecular formula is C31H26Cl2N2O5S. The molecule has 41 heavy (non-hydrogen) atoms. The van der Waals surface area contributed by atoms with Crippen LogP contribution in [-0.2, 0) is 16.1 Å². The molecule has 0 saturated carbocycles. The molecular weight excluding hydrogens is 583 g/mol. The maximum atomic E-state index is 13.8. The van der Waals surface area contributed by atoms with Crippen LogP contribution in [-0.4, -0.2) is 24.3 Å². The number of carbonyl (C=O) groups excluding carboxylic acids is 1. The van der Waals surface area contributed by atoms with Crippen LogP contribution in [0.4, 0.5) is 0 Å². The zero-order valence-electron chi connectivity index (χ0n) is 22.5. The fourth-order valence-corrected chi connectivity index (χ4v) is 6.09. The molecule has 0 amide bonds. The van der Waals surface area contributed by atoms with Crippen LogP contribution in [0.3, 0.4) is 0 Å². The highest BCUT2D eigenvalue weighted by Gasteiger charge is 2.33. The number of carbonyl (C=O) groups is 1. The maximum Gasteiger partial charge on any atom is 0.338 e. The molecule has 0 N–H and O–H groups in total. The molecule has 1 aliphatic heterocycles. The quantitative estimate of drug-likeness (QED) is 0.240. The number of rotatable bonds is 8. The first kappa shape index (κ1) is 28.7. The number of hydrogen-bond acceptors (Lipinski definition) is 7. The fourth-order valence-electron chi connectivity index (χ4n) is 4.58. The van der Waals surface area contributed by atoms with E-state index in [0.29, 0.717) is 42.1 Å². The normalized spacial score (nSPS) is 14.9. The van der Waals surface area contributed by atoms with Gasteiger partial charge in [-0.15, -0.1) is 0 Å². The Bertz CT molecular complexity index is 1830. The van der Waals surface area contributed by atoms with Gasteiger partial charge in [-0.05, 0) is 55.3 Å². The summed E-state index contributed by atoms with van der Waals surface area (Å²) in [4.78, 5) is 31.9. The SMILES string of the molecule is CCOC(=O)C1=C(C)N=c2s/c(=C/c3ccc(OCc4ccc(Cl)cc4Cl)c(OC)c3)c(=O)n2[C@@H]1c1ccccc1. The topological polar surface area (TPSA) is 79.1 Å². The minimum atomic E-state index is -0.654. The van der Waals surface area contributed by atoms with Gasteiger partial charge >= 0.3 is 5.97 Å². The van der Waals surface area contributed by atoms with Crippen molar-refractivity contribution in [2.75, 3.05) is 13.7 Å². The predicted molar refractivity (Wildman–Crippen MR) is 161 cm³/mol. The minimum absolute atomic E-state index is 0.218. The van der Waals surface area contributed by atoms with Crippen LogP contribution in [0, 0.1) is 0 Å². The number of hydrogen-bond donors (Lipinski definition) is 0. The Hall–Kier alpha value is -3.85. The van der Waals surface area contributed by atoms with Crippen molar-refractivity contribution in [2.45, 2.75) is 26.5 Å². The summed E-state index contributed by atoms with van der Waals surface area (Å²) in [5.74, 6) is 0.534. The van der Waals surface area contributed by atoms with Gasteiger partial charge in [-0.3, -0.25) is 9.36 Å². The van der Waals surface area contributed by atoms with Crippen LogP contribution in [0.1, 0.15) is 36.6 Å². The number of esters is 1. The van der Waals surface area contributed by atoms with Crippen molar-refractivity contribution in [3.63, 3.8) is 0 Å². The summed E-state index contributed by atoms with van der Waals surface area (Å²) in [6, 6.07) is 19.4. The number of benzene rings is 3. The van der Waals surface area contributed by atoms with Crippen molar-refractivity contribution in [3.8, 4) is 11.5 Å². The van der Waals surface area contributed by atoms with Crippen LogP contribution < -0.4 is 24.4 Å². The second-order valence-corrected chi connectivity index (χ2v) is 11.0. The summed E-state index contributed by atoms with van der Waals surface area (Å²) in [7, 11) is 1.55. The Morgan fingerprint density at radius 1 is 1.07 bits per heavy atom. The lowest BCUT2D eigenvalue weighted by molar-refractivity contribution is -0.139. The van der Waals surface area contributed by atoms with Gasteiger partial charge in [0.05, 0.1) is 35.6 Å². The molecule has 4 aromatic rings. The molecule has 7 nitrogen and oxygen atoms in total. The Morgan fingerprint density at radius 3 is 2.56 bits per heavy atom. The largest absolute Gasteiger partial charge is 0.493 e. The number of fused-ring (bicyclic) bond motifs is 1. The molecule has 0 spiro atoms. The lowest BCUT2D eigenvalue weighted by atomic mass is 9.96. The van der Waals surface area contributed by atoms with Gasteiger partial charge in [-0.25, -0.2) is 9.79 Å². The summed E-state index contributed by atoms with van der Waals surface area (Å²) in [5, 5.41) is 1.06. The summed E-state index contributed by atoms with van der Waals surface area (Å²) < 4.78 is 18.9. The van der Waals surface area contributed by atoms with Gasteiger partial charge in [-0.1, -0.05) is 77.0 Å². The van der Waals surface area contributed by atoms with Gasteiger partial charge in [0.2, 0.25) is 0 Å². The van der Waals surface area contributed by atoms with Gasteiger partial charge in [0.1, 0.15) is 6.61 Å². The van der Waals surface area contributed by atoms with Crippen LogP contribution in [0.25, 0.3) is 6.08 Å². The highest BCUT2D eigenvalue weighted by atomic mass is 35.5. The molecule has 210 valence electrons. The number of nitrogens with zero attached hydrogens (tertiary/aromatic N) is 2. The third kappa shape index (κ3) is 5.95. The average Bonchev–Trinajstić information content (AvgIpc) is 3.26. The molecule has 2 heterocycles. The van der Waals surface area contributed by atoms with Gasteiger partial charge < -0.3 is 14.2 Å². The van der Waals surface area contributed by atoms with Crippen molar-refractivity contribution in [3.05, 3.63) is 124 Å². The number of aromatic nitrogens is 1. The molecule has 1 aromatic heterocycles. The highest BCUT2D eigenvalue weighted by Crippen LogP contribution is 2.32. The molecule has 3 aromatic carbocycles. The van der Waals surface area contributed by atoms with Crippen molar-refractivity contribution in [1.29, 1.82) is 0 Å². The van der Waals surface area contributed by atoms with E-state index in [2.05, 4.69) is 4.99 Å². The molecule has 10 heteroatoms. The van der Waals surface area contributed by atoms with Crippen molar-refractivity contribution in [2.24, 2.45) is 4.99 Å². The van der Waals surface area contributed by atoms with E-state index in [0.717, 1.165) is 16.7 Å². The van der Waals surface area contributed by atoms with E-state index in [4.69, 9.17) is 37.4 Å². The Balaban J connectivity index is 1.52. The monoisotopic (exact) mass is 608 g/mol. The van der Waals surface area contributed by atoms with Crippen LogP contribution in [0.2, 0.25) is 10.0 Å². The summed E-state index contributed by atoms with van der Waals surface area (Å²) in [6.45, 7) is 3.96. The third-order valence-corrected chi connectivity index (χ3v) is 8.09. The van der Waals surface area contributed by atoms with Crippen molar-refractivity contribution in [1.82, 2.24) is 4.57 Å². The molecule has 1 atom stereocenters. The van der Waals surface area contributed by atoms with Gasteiger partial charge in [0, 0.05) is 15.6 Å². The van der Waals surface area contributed by atoms with E-state index in [-0.39, 0.29) is 18.8 Å². The van der Waals surface area contributed by atoms with Crippen LogP contribution in [0.5, 0.6) is 11.5 Å². The number of ether oxygens (including phenoxy) is 3. The zero-order valence-corrected chi connectivity index (χ0v) is 24.8. The molecule has 1 aliphatic rings. The number of allylic oxidation sites excluding steroid dienone is 1. The van der Waals surface area contributed by atoms with Gasteiger partial charge in [0.25, 0.3) is 5.56 Å². The molecule has 0 unspecified atom stereocenters. The maximum absolute atomic E-state index is 13.8. The van der Waals surface area contributed by atoms with Crippen molar-refractivity contribution < 1.29 is 19.0 Å². The lowest BCUT2D eigenvalue weighted by Crippen LogP contribution is -2.39. The second kappa shape index (κ2) is 12.3. The van der Waals surface area contributed by atoms with Gasteiger partial charge in [-0.2, -0.15) is 0 Å². The molecule has 0 aliphatic carbocycles. The molecule has 0 saturated heterocycles. The molecule has 0 fully saturated rings. The Morgan fingerprint density at radius 2 is 1.85 bits per heavy atom. The first-order valence-electron chi connectivity index (χ1n) is 12.8. The van der Waals surface area contributed by atoms with Crippen molar-refractivity contribution >= 4 is 46.6 Å². The minimum Gasteiger partial charge on any atom is -0.493 e. The summed E-state index contributed by atoms with van der Waals surface area (Å²) in [5.41, 5.74) is 2.93. The summed E-state index contributed by atoms with van der Waals surface area (Å²) in [6.07, 6.45) is 1.78. The Labute approximate surface area is 250 Å². The molecule has 5 rings (SSSR count). The number of halogens is 2. The van der Waals surface area contributed by atoms with E-state index in [1.54, 1.807) is 55.9 Å². The molecule has 0 bridgehead atoms. The van der Waals surface area contributed by atoms with E-state index < -0.39 is 12.0 Å². The summed E-state index contributed by atoms with van der Waals surface area (Å²) >= 11 is 13.5. The highest BCUT2D eigenvalue weighted by molar-refractivity contribution is 7.07. The second-order valence-electron chi connectivity index (χ2n) is 9.15. The Kier molecular flexibility index (Phi) is 8.63. The standard InChI is InChI=1S/C31H26Cl2N2O5S/c1-4-39-30(37)27-18(2)34-31-35(28(27)20-8-6-5-7-9-20)29(36)26(41-31)15-19-10-13-24(25(14-19)38-3)40-17-21-11-12-22(32)16-23(21)33/h5-16,28H,4,17H2,1-3H3/b26-15+/t28-/m1/s1.